The van der Waals surface area contributed by atoms with E-state index in [-0.39, 0.29) is 12.5 Å². The number of aliphatic imine (C=N–C) groups is 1. The number of thioether (sulfide) groups is 1. The smallest absolute Gasteiger partial charge is 0.254 e. The van der Waals surface area contributed by atoms with E-state index >= 15 is 0 Å². The molecule has 2 N–H and O–H groups in total. The Balaban J connectivity index is 3.06. The summed E-state index contributed by atoms with van der Waals surface area (Å²) in [6, 6.07) is 6.84. The molecule has 1 aromatic carbocycles. The second-order valence-electron chi connectivity index (χ2n) is 3.26. The van der Waals surface area contributed by atoms with Gasteiger partial charge in [0.1, 0.15) is 0 Å². The zero-order chi connectivity index (χ0) is 14.1. The molecule has 0 aromatic heterocycles. The van der Waals surface area contributed by atoms with Crippen molar-refractivity contribution in [3.8, 4) is 18.5 Å². The lowest BCUT2D eigenvalue weighted by molar-refractivity contribution is 0.0959. The molecule has 0 radical (unpaired) electrons. The lowest BCUT2D eigenvalue weighted by Crippen LogP contribution is -2.23. The first-order chi connectivity index (χ1) is 9.22. The molecule has 1 rings (SSSR count). The van der Waals surface area contributed by atoms with Crippen molar-refractivity contribution in [3.63, 3.8) is 0 Å². The predicted molar refractivity (Wildman–Crippen MR) is 77.0 cm³/mol. The number of para-hydroxylation sites is 1. The minimum atomic E-state index is -0.297. The minimum Gasteiger partial charge on any atom is -0.341 e. The number of benzene rings is 1. The number of nitriles is 1. The summed E-state index contributed by atoms with van der Waals surface area (Å²) in [5.74, 6) is 2.04. The molecule has 0 heterocycles. The number of hydrogen-bond acceptors (Lipinski definition) is 4. The van der Waals surface area contributed by atoms with Crippen LogP contribution in [0.15, 0.2) is 29.3 Å². The molecule has 0 atom stereocenters. The molecule has 0 aliphatic heterocycles. The van der Waals surface area contributed by atoms with Crippen molar-refractivity contribution in [3.05, 3.63) is 29.8 Å². The van der Waals surface area contributed by atoms with Gasteiger partial charge in [-0.3, -0.25) is 10.1 Å². The van der Waals surface area contributed by atoms with Crippen LogP contribution in [0.2, 0.25) is 0 Å². The molecule has 0 unspecified atom stereocenters. The topological polar surface area (TPSA) is 77.3 Å². The third-order valence-electron chi connectivity index (χ3n) is 2.08. The molecule has 96 valence electrons. The summed E-state index contributed by atoms with van der Waals surface area (Å²) in [4.78, 5) is 16.1. The number of nitrogens with one attached hydrogen (secondary N) is 2. The van der Waals surface area contributed by atoms with Crippen LogP contribution in [0, 0.1) is 23.8 Å². The number of terminal acetylenes is 1. The van der Waals surface area contributed by atoms with Crippen molar-refractivity contribution in [1.82, 2.24) is 10.6 Å². The highest BCUT2D eigenvalue weighted by Gasteiger charge is 2.10. The van der Waals surface area contributed by atoms with Crippen LogP contribution in [0.1, 0.15) is 10.4 Å². The van der Waals surface area contributed by atoms with Crippen LogP contribution in [0.3, 0.4) is 0 Å². The van der Waals surface area contributed by atoms with E-state index in [4.69, 9.17) is 11.7 Å². The Morgan fingerprint density at radius 3 is 2.89 bits per heavy atom. The number of carbonyl (C=O) groups is 1. The van der Waals surface area contributed by atoms with E-state index in [0.717, 1.165) is 0 Å². The van der Waals surface area contributed by atoms with Gasteiger partial charge in [-0.25, -0.2) is 4.99 Å². The molecule has 6 heteroatoms. The maximum absolute atomic E-state index is 11.9. The number of amides is 1. The summed E-state index contributed by atoms with van der Waals surface area (Å²) in [6.07, 6.45) is 8.67. The number of amidine groups is 1. The average Bonchev–Trinajstić information content (AvgIpc) is 2.44. The zero-order valence-corrected chi connectivity index (χ0v) is 11.1. The van der Waals surface area contributed by atoms with E-state index < -0.39 is 0 Å². The molecule has 0 aliphatic rings. The van der Waals surface area contributed by atoms with Crippen molar-refractivity contribution < 1.29 is 4.79 Å². The van der Waals surface area contributed by atoms with Crippen LogP contribution in [-0.2, 0) is 0 Å². The molecule has 0 saturated heterocycles. The van der Waals surface area contributed by atoms with Gasteiger partial charge in [-0.15, -0.1) is 6.42 Å². The van der Waals surface area contributed by atoms with E-state index in [0.29, 0.717) is 16.4 Å². The Labute approximate surface area is 116 Å². The fraction of sp³-hybridized carbons (Fsp3) is 0.154. The van der Waals surface area contributed by atoms with Crippen LogP contribution in [0.5, 0.6) is 0 Å². The molecule has 0 spiro atoms. The van der Waals surface area contributed by atoms with Gasteiger partial charge in [-0.05, 0) is 18.4 Å². The molecule has 1 aromatic rings. The molecule has 0 bridgehead atoms. The Kier molecular flexibility index (Phi) is 6.00. The predicted octanol–water partition coefficient (Wildman–Crippen LogP) is 1.47. The summed E-state index contributed by atoms with van der Waals surface area (Å²) in [5.41, 5.74) is 0.883. The van der Waals surface area contributed by atoms with Crippen molar-refractivity contribution in [1.29, 1.82) is 5.26 Å². The Morgan fingerprint density at radius 2 is 2.26 bits per heavy atom. The molecule has 0 saturated carbocycles. The van der Waals surface area contributed by atoms with Gasteiger partial charge in [-0.1, -0.05) is 29.8 Å². The van der Waals surface area contributed by atoms with Crippen LogP contribution >= 0.6 is 11.8 Å². The standard InChI is InChI=1S/C13H12N4OS/c1-3-8-15-12(18)10-6-4-5-7-11(10)17-13(19-2)16-9-14/h1,4-7H,8H2,2H3,(H,15,18)(H,16,17). The largest absolute Gasteiger partial charge is 0.341 e. The minimum absolute atomic E-state index is 0.155. The van der Waals surface area contributed by atoms with Gasteiger partial charge in [0.05, 0.1) is 17.8 Å². The Bertz CT molecular complexity index is 569. The Morgan fingerprint density at radius 1 is 1.53 bits per heavy atom. The van der Waals surface area contributed by atoms with Crippen LogP contribution in [-0.4, -0.2) is 23.9 Å². The van der Waals surface area contributed by atoms with E-state index in [2.05, 4.69) is 21.5 Å². The molecular weight excluding hydrogens is 260 g/mol. The van der Waals surface area contributed by atoms with Gasteiger partial charge in [0, 0.05) is 0 Å². The maximum Gasteiger partial charge on any atom is 0.254 e. The second-order valence-corrected chi connectivity index (χ2v) is 4.06. The van der Waals surface area contributed by atoms with Gasteiger partial charge >= 0.3 is 0 Å². The number of hydrogen-bond donors (Lipinski definition) is 2. The first-order valence-electron chi connectivity index (χ1n) is 5.31. The fourth-order valence-corrected chi connectivity index (χ4v) is 1.61. The molecular formula is C13H12N4OS. The summed E-state index contributed by atoms with van der Waals surface area (Å²) in [6.45, 7) is 0.155. The van der Waals surface area contributed by atoms with Crippen molar-refractivity contribution in [2.45, 2.75) is 0 Å². The fourth-order valence-electron chi connectivity index (χ4n) is 1.27. The monoisotopic (exact) mass is 272 g/mol. The summed E-state index contributed by atoms with van der Waals surface area (Å²) >= 11 is 1.28. The van der Waals surface area contributed by atoms with E-state index in [1.165, 1.54) is 11.8 Å². The van der Waals surface area contributed by atoms with E-state index in [1.54, 1.807) is 36.7 Å². The van der Waals surface area contributed by atoms with E-state index in [9.17, 15) is 4.79 Å². The Hall–Kier alpha value is -2.44. The highest BCUT2D eigenvalue weighted by molar-refractivity contribution is 8.13. The zero-order valence-electron chi connectivity index (χ0n) is 10.3. The maximum atomic E-state index is 11.9. The van der Waals surface area contributed by atoms with Crippen LogP contribution in [0.25, 0.3) is 0 Å². The molecule has 1 amide bonds. The van der Waals surface area contributed by atoms with Gasteiger partial charge in [0.25, 0.3) is 5.91 Å². The number of carbonyl (C=O) groups excluding carboxylic acids is 1. The normalized spacial score (nSPS) is 10.2. The third-order valence-corrected chi connectivity index (χ3v) is 2.66. The highest BCUT2D eigenvalue weighted by atomic mass is 32.2. The van der Waals surface area contributed by atoms with Gasteiger partial charge in [0.2, 0.25) is 0 Å². The summed E-state index contributed by atoms with van der Waals surface area (Å²) in [5, 5.41) is 14.0. The van der Waals surface area contributed by atoms with Crippen molar-refractivity contribution in [2.24, 2.45) is 4.99 Å². The van der Waals surface area contributed by atoms with Crippen LogP contribution in [0.4, 0.5) is 5.69 Å². The second kappa shape index (κ2) is 7.80. The van der Waals surface area contributed by atoms with Gasteiger partial charge in [-0.2, -0.15) is 5.26 Å². The summed E-state index contributed by atoms with van der Waals surface area (Å²) in [7, 11) is 0. The summed E-state index contributed by atoms with van der Waals surface area (Å²) < 4.78 is 0. The molecule has 19 heavy (non-hydrogen) atoms. The van der Waals surface area contributed by atoms with Crippen molar-refractivity contribution in [2.75, 3.05) is 12.8 Å². The molecule has 0 fully saturated rings. The number of nitrogens with zero attached hydrogens (tertiary/aromatic N) is 2. The highest BCUT2D eigenvalue weighted by Crippen LogP contribution is 2.19. The average molecular weight is 272 g/mol. The lowest BCUT2D eigenvalue weighted by Gasteiger charge is -2.06. The lowest BCUT2D eigenvalue weighted by atomic mass is 10.1. The van der Waals surface area contributed by atoms with E-state index in [1.807, 2.05) is 0 Å². The van der Waals surface area contributed by atoms with Gasteiger partial charge in [0.15, 0.2) is 11.4 Å². The molecule has 5 nitrogen and oxygen atoms in total. The third kappa shape index (κ3) is 4.38. The quantitative estimate of drug-likeness (QED) is 0.287. The molecule has 0 aliphatic carbocycles. The van der Waals surface area contributed by atoms with Crippen molar-refractivity contribution >= 4 is 28.5 Å². The SMILES string of the molecule is C#CCNC(=O)c1ccccc1N=C(NC#N)SC. The first kappa shape index (κ1) is 14.6. The van der Waals surface area contributed by atoms with Gasteiger partial charge < -0.3 is 5.32 Å². The first-order valence-corrected chi connectivity index (χ1v) is 6.54. The van der Waals surface area contributed by atoms with Crippen LogP contribution < -0.4 is 10.6 Å². The number of rotatable bonds is 3.